The summed E-state index contributed by atoms with van der Waals surface area (Å²) in [5.41, 5.74) is 2.49. The highest BCUT2D eigenvalue weighted by Gasteiger charge is 2.26. The first-order valence-electron chi connectivity index (χ1n) is 7.49. The van der Waals surface area contributed by atoms with Gasteiger partial charge in [0.05, 0.1) is 0 Å². The van der Waals surface area contributed by atoms with Crippen LogP contribution in [0.3, 0.4) is 0 Å². The first-order chi connectivity index (χ1) is 10.2. The van der Waals surface area contributed by atoms with Gasteiger partial charge in [-0.1, -0.05) is 42.5 Å². The molecule has 1 fully saturated rings. The predicted molar refractivity (Wildman–Crippen MR) is 83.5 cm³/mol. The molecule has 3 rings (SSSR count). The number of rotatable bonds is 3. The molecule has 0 saturated carbocycles. The van der Waals surface area contributed by atoms with E-state index in [1.807, 2.05) is 18.2 Å². The van der Waals surface area contributed by atoms with E-state index < -0.39 is 0 Å². The van der Waals surface area contributed by atoms with Crippen LogP contribution >= 0.6 is 0 Å². The van der Waals surface area contributed by atoms with Gasteiger partial charge in [0.1, 0.15) is 5.82 Å². The molecule has 1 heterocycles. The van der Waals surface area contributed by atoms with Crippen LogP contribution in [0.4, 0.5) is 4.39 Å². The highest BCUT2D eigenvalue weighted by molar-refractivity contribution is 5.22. The van der Waals surface area contributed by atoms with E-state index in [0.717, 1.165) is 25.2 Å². The standard InChI is InChI=1S/C18H21FN2/c1-14-12-21(13-15-7-9-17(19)10-8-15)18(11-20-14)16-5-3-2-4-6-16/h2-10,14,18,20H,11-13H2,1H3. The fourth-order valence-electron chi connectivity index (χ4n) is 2.99. The van der Waals surface area contributed by atoms with Gasteiger partial charge >= 0.3 is 0 Å². The van der Waals surface area contributed by atoms with Crippen LogP contribution in [0.2, 0.25) is 0 Å². The fourth-order valence-corrected chi connectivity index (χ4v) is 2.99. The summed E-state index contributed by atoms with van der Waals surface area (Å²) in [4.78, 5) is 2.48. The highest BCUT2D eigenvalue weighted by Crippen LogP contribution is 2.25. The molecule has 0 aliphatic carbocycles. The molecule has 2 atom stereocenters. The van der Waals surface area contributed by atoms with Crippen molar-refractivity contribution < 1.29 is 4.39 Å². The zero-order valence-electron chi connectivity index (χ0n) is 12.3. The lowest BCUT2D eigenvalue weighted by atomic mass is 10.0. The molecule has 110 valence electrons. The van der Waals surface area contributed by atoms with Gasteiger partial charge in [-0.25, -0.2) is 4.39 Å². The van der Waals surface area contributed by atoms with E-state index in [1.54, 1.807) is 12.1 Å². The molecule has 2 unspecified atom stereocenters. The van der Waals surface area contributed by atoms with Crippen molar-refractivity contribution in [3.05, 3.63) is 71.5 Å². The second-order valence-electron chi connectivity index (χ2n) is 5.79. The molecule has 21 heavy (non-hydrogen) atoms. The summed E-state index contributed by atoms with van der Waals surface area (Å²) in [7, 11) is 0. The number of benzene rings is 2. The first kappa shape index (κ1) is 14.2. The molecule has 0 radical (unpaired) electrons. The fraction of sp³-hybridized carbons (Fsp3) is 0.333. The Morgan fingerprint density at radius 2 is 1.81 bits per heavy atom. The third kappa shape index (κ3) is 3.49. The SMILES string of the molecule is CC1CN(Cc2ccc(F)cc2)C(c2ccccc2)CN1. The van der Waals surface area contributed by atoms with Crippen molar-refractivity contribution in [2.24, 2.45) is 0 Å². The summed E-state index contributed by atoms with van der Waals surface area (Å²) in [6, 6.07) is 18.3. The van der Waals surface area contributed by atoms with E-state index in [-0.39, 0.29) is 5.82 Å². The molecule has 3 heteroatoms. The zero-order chi connectivity index (χ0) is 14.7. The molecule has 0 spiro atoms. The Labute approximate surface area is 125 Å². The van der Waals surface area contributed by atoms with Crippen molar-refractivity contribution in [2.75, 3.05) is 13.1 Å². The number of nitrogens with one attached hydrogen (secondary N) is 1. The van der Waals surface area contributed by atoms with Crippen molar-refractivity contribution >= 4 is 0 Å². The van der Waals surface area contributed by atoms with Crippen LogP contribution in [-0.4, -0.2) is 24.0 Å². The lowest BCUT2D eigenvalue weighted by Crippen LogP contribution is -2.50. The maximum Gasteiger partial charge on any atom is 0.123 e. The molecule has 1 aliphatic rings. The molecule has 2 aromatic carbocycles. The molecule has 1 saturated heterocycles. The molecule has 1 aliphatic heterocycles. The highest BCUT2D eigenvalue weighted by atomic mass is 19.1. The van der Waals surface area contributed by atoms with Crippen LogP contribution in [0, 0.1) is 5.82 Å². The van der Waals surface area contributed by atoms with Crippen molar-refractivity contribution in [1.29, 1.82) is 0 Å². The average Bonchev–Trinajstić information content (AvgIpc) is 2.51. The van der Waals surface area contributed by atoms with Gasteiger partial charge in [-0.05, 0) is 30.2 Å². The molecule has 0 aromatic heterocycles. The third-order valence-electron chi connectivity index (χ3n) is 4.09. The van der Waals surface area contributed by atoms with Crippen molar-refractivity contribution in [2.45, 2.75) is 25.6 Å². The van der Waals surface area contributed by atoms with Crippen molar-refractivity contribution in [3.63, 3.8) is 0 Å². The zero-order valence-corrected chi connectivity index (χ0v) is 12.3. The van der Waals surface area contributed by atoms with Crippen LogP contribution in [-0.2, 0) is 6.54 Å². The second-order valence-corrected chi connectivity index (χ2v) is 5.79. The first-order valence-corrected chi connectivity index (χ1v) is 7.49. The number of nitrogens with zero attached hydrogens (tertiary/aromatic N) is 1. The smallest absolute Gasteiger partial charge is 0.123 e. The maximum atomic E-state index is 13.0. The third-order valence-corrected chi connectivity index (χ3v) is 4.09. The van der Waals surface area contributed by atoms with Crippen LogP contribution in [0.5, 0.6) is 0 Å². The minimum absolute atomic E-state index is 0.174. The number of hydrogen-bond donors (Lipinski definition) is 1. The number of halogens is 1. The second kappa shape index (κ2) is 6.37. The number of piperazine rings is 1. The predicted octanol–water partition coefficient (Wildman–Crippen LogP) is 3.36. The van der Waals surface area contributed by atoms with Gasteiger partial charge in [0.2, 0.25) is 0 Å². The van der Waals surface area contributed by atoms with Crippen molar-refractivity contribution in [3.8, 4) is 0 Å². The van der Waals surface area contributed by atoms with Crippen molar-refractivity contribution in [1.82, 2.24) is 10.2 Å². The maximum absolute atomic E-state index is 13.0. The summed E-state index contributed by atoms with van der Waals surface area (Å²) < 4.78 is 13.0. The minimum atomic E-state index is -0.174. The molecular weight excluding hydrogens is 263 g/mol. The Morgan fingerprint density at radius 1 is 1.10 bits per heavy atom. The van der Waals surface area contributed by atoms with Crippen LogP contribution in [0.15, 0.2) is 54.6 Å². The topological polar surface area (TPSA) is 15.3 Å². The summed E-state index contributed by atoms with van der Waals surface area (Å²) in [5, 5.41) is 3.55. The summed E-state index contributed by atoms with van der Waals surface area (Å²) in [6.07, 6.45) is 0. The van der Waals surface area contributed by atoms with Gasteiger partial charge in [0, 0.05) is 31.7 Å². The van der Waals surface area contributed by atoms with E-state index in [0.29, 0.717) is 12.1 Å². The van der Waals surface area contributed by atoms with Gasteiger partial charge in [-0.2, -0.15) is 0 Å². The average molecular weight is 284 g/mol. The van der Waals surface area contributed by atoms with Crippen LogP contribution < -0.4 is 5.32 Å². The number of hydrogen-bond acceptors (Lipinski definition) is 2. The van der Waals surface area contributed by atoms with Gasteiger partial charge in [0.15, 0.2) is 0 Å². The summed E-state index contributed by atoms with van der Waals surface area (Å²) in [5.74, 6) is -0.174. The molecule has 0 bridgehead atoms. The largest absolute Gasteiger partial charge is 0.311 e. The van der Waals surface area contributed by atoms with E-state index in [4.69, 9.17) is 0 Å². The van der Waals surface area contributed by atoms with E-state index in [9.17, 15) is 4.39 Å². The molecule has 2 nitrogen and oxygen atoms in total. The normalized spacial score (nSPS) is 23.1. The molecule has 0 amide bonds. The van der Waals surface area contributed by atoms with E-state index in [1.165, 1.54) is 5.56 Å². The minimum Gasteiger partial charge on any atom is -0.311 e. The Hall–Kier alpha value is -1.71. The van der Waals surface area contributed by atoms with E-state index in [2.05, 4.69) is 41.4 Å². The van der Waals surface area contributed by atoms with E-state index >= 15 is 0 Å². The Kier molecular flexibility index (Phi) is 4.32. The molecular formula is C18H21FN2. The molecule has 1 N–H and O–H groups in total. The molecule has 2 aromatic rings. The van der Waals surface area contributed by atoms with Crippen LogP contribution in [0.25, 0.3) is 0 Å². The quantitative estimate of drug-likeness (QED) is 0.929. The summed E-state index contributed by atoms with van der Waals surface area (Å²) in [6.45, 7) is 5.01. The lowest BCUT2D eigenvalue weighted by Gasteiger charge is -2.39. The van der Waals surface area contributed by atoms with Gasteiger partial charge in [-0.15, -0.1) is 0 Å². The Morgan fingerprint density at radius 3 is 2.52 bits per heavy atom. The Bertz CT molecular complexity index is 568. The van der Waals surface area contributed by atoms with Gasteiger partial charge < -0.3 is 5.32 Å². The lowest BCUT2D eigenvalue weighted by molar-refractivity contribution is 0.127. The summed E-state index contributed by atoms with van der Waals surface area (Å²) >= 11 is 0. The Balaban J connectivity index is 1.80. The van der Waals surface area contributed by atoms with Crippen LogP contribution in [0.1, 0.15) is 24.1 Å². The van der Waals surface area contributed by atoms with Gasteiger partial charge in [-0.3, -0.25) is 4.90 Å². The van der Waals surface area contributed by atoms with Gasteiger partial charge in [0.25, 0.3) is 0 Å². The monoisotopic (exact) mass is 284 g/mol.